The normalized spacial score (nSPS) is 25.4. The van der Waals surface area contributed by atoms with Crippen LogP contribution >= 0.6 is 27.5 Å². The lowest BCUT2D eigenvalue weighted by atomic mass is 9.87. The fourth-order valence-electron chi connectivity index (χ4n) is 2.23. The molecule has 3 heteroatoms. The number of hydrogen-bond acceptors (Lipinski definition) is 1. The topological polar surface area (TPSA) is 12.0 Å². The zero-order valence-corrected chi connectivity index (χ0v) is 11.8. The van der Waals surface area contributed by atoms with Crippen LogP contribution in [0, 0.1) is 5.92 Å². The summed E-state index contributed by atoms with van der Waals surface area (Å²) in [5.41, 5.74) is 1.13. The summed E-state index contributed by atoms with van der Waals surface area (Å²) in [6, 6.07) is 6.68. The van der Waals surface area contributed by atoms with Gasteiger partial charge in [0.25, 0.3) is 0 Å². The molecule has 1 aliphatic rings. The van der Waals surface area contributed by atoms with E-state index in [-0.39, 0.29) is 0 Å². The zero-order valence-electron chi connectivity index (χ0n) is 9.47. The second-order valence-corrected chi connectivity index (χ2v) is 5.99. The number of halogens is 2. The summed E-state index contributed by atoms with van der Waals surface area (Å²) in [6.07, 6.45) is 5.22. The standard InChI is InChI=1S/C13H17BrClN/c1-9-2-4-10(5-3-9)16-11-6-7-12(14)13(15)8-11/h6-10,16H,2-5H2,1H3. The molecular formula is C13H17BrClN. The van der Waals surface area contributed by atoms with Crippen LogP contribution in [0.3, 0.4) is 0 Å². The molecule has 1 N–H and O–H groups in total. The maximum Gasteiger partial charge on any atom is 0.0568 e. The third-order valence-corrected chi connectivity index (χ3v) is 4.54. The van der Waals surface area contributed by atoms with Crippen molar-refractivity contribution < 1.29 is 0 Å². The lowest BCUT2D eigenvalue weighted by Gasteiger charge is -2.27. The van der Waals surface area contributed by atoms with Gasteiger partial charge in [0.05, 0.1) is 5.02 Å². The monoisotopic (exact) mass is 301 g/mol. The van der Waals surface area contributed by atoms with E-state index in [0.717, 1.165) is 21.1 Å². The Morgan fingerprint density at radius 1 is 1.25 bits per heavy atom. The van der Waals surface area contributed by atoms with Gasteiger partial charge in [0.1, 0.15) is 0 Å². The first-order chi connectivity index (χ1) is 7.65. The average molecular weight is 303 g/mol. The van der Waals surface area contributed by atoms with E-state index in [0.29, 0.717) is 6.04 Å². The summed E-state index contributed by atoms with van der Waals surface area (Å²) in [4.78, 5) is 0. The summed E-state index contributed by atoms with van der Waals surface area (Å²) in [5.74, 6) is 0.895. The minimum Gasteiger partial charge on any atom is -0.382 e. The Kier molecular flexibility index (Phi) is 4.15. The van der Waals surface area contributed by atoms with Gasteiger partial charge in [0.2, 0.25) is 0 Å². The molecule has 0 saturated heterocycles. The van der Waals surface area contributed by atoms with Crippen LogP contribution in [0.15, 0.2) is 22.7 Å². The molecule has 1 aromatic carbocycles. The van der Waals surface area contributed by atoms with E-state index in [9.17, 15) is 0 Å². The molecule has 0 aromatic heterocycles. The maximum atomic E-state index is 6.07. The molecule has 1 nitrogen and oxygen atoms in total. The van der Waals surface area contributed by atoms with Crippen molar-refractivity contribution in [2.45, 2.75) is 38.6 Å². The molecule has 16 heavy (non-hydrogen) atoms. The molecule has 0 amide bonds. The third-order valence-electron chi connectivity index (χ3n) is 3.31. The maximum absolute atomic E-state index is 6.07. The first-order valence-electron chi connectivity index (χ1n) is 5.87. The predicted octanol–water partition coefficient (Wildman–Crippen LogP) is 5.09. The molecule has 1 fully saturated rings. The highest BCUT2D eigenvalue weighted by Gasteiger charge is 2.17. The van der Waals surface area contributed by atoms with Gasteiger partial charge in [-0.25, -0.2) is 0 Å². The largest absolute Gasteiger partial charge is 0.382 e. The molecule has 1 aromatic rings. The molecular weight excluding hydrogens is 286 g/mol. The Hall–Kier alpha value is -0.210. The molecule has 1 saturated carbocycles. The van der Waals surface area contributed by atoms with E-state index < -0.39 is 0 Å². The third kappa shape index (κ3) is 3.14. The average Bonchev–Trinajstić information content (AvgIpc) is 2.27. The van der Waals surface area contributed by atoms with Crippen molar-refractivity contribution in [3.8, 4) is 0 Å². The van der Waals surface area contributed by atoms with E-state index in [1.54, 1.807) is 0 Å². The van der Waals surface area contributed by atoms with E-state index >= 15 is 0 Å². The number of benzene rings is 1. The van der Waals surface area contributed by atoms with Crippen LogP contribution in [0.2, 0.25) is 5.02 Å². The second-order valence-electron chi connectivity index (χ2n) is 4.73. The SMILES string of the molecule is CC1CCC(Nc2ccc(Br)c(Cl)c2)CC1. The van der Waals surface area contributed by atoms with Crippen LogP contribution in [0.25, 0.3) is 0 Å². The van der Waals surface area contributed by atoms with Gasteiger partial charge < -0.3 is 5.32 Å². The molecule has 0 aliphatic heterocycles. The summed E-state index contributed by atoms with van der Waals surface area (Å²) in [5, 5.41) is 4.34. The van der Waals surface area contributed by atoms with E-state index in [2.05, 4.69) is 34.2 Å². The lowest BCUT2D eigenvalue weighted by Crippen LogP contribution is -2.25. The van der Waals surface area contributed by atoms with Crippen molar-refractivity contribution >= 4 is 33.2 Å². The number of rotatable bonds is 2. The quantitative estimate of drug-likeness (QED) is 0.802. The highest BCUT2D eigenvalue weighted by atomic mass is 79.9. The van der Waals surface area contributed by atoms with Crippen LogP contribution in [-0.2, 0) is 0 Å². The molecule has 88 valence electrons. The van der Waals surface area contributed by atoms with Crippen molar-refractivity contribution in [2.24, 2.45) is 5.92 Å². The van der Waals surface area contributed by atoms with E-state index in [1.165, 1.54) is 25.7 Å². The van der Waals surface area contributed by atoms with Gasteiger partial charge in [0, 0.05) is 16.2 Å². The molecule has 0 atom stereocenters. The number of anilines is 1. The van der Waals surface area contributed by atoms with E-state index in [1.807, 2.05) is 12.1 Å². The fourth-order valence-corrected chi connectivity index (χ4v) is 2.65. The first kappa shape index (κ1) is 12.3. The Labute approximate surface area is 111 Å². The molecule has 0 heterocycles. The number of nitrogens with one attached hydrogen (secondary N) is 1. The van der Waals surface area contributed by atoms with Crippen molar-refractivity contribution in [3.05, 3.63) is 27.7 Å². The molecule has 0 unspecified atom stereocenters. The molecule has 0 radical (unpaired) electrons. The van der Waals surface area contributed by atoms with Crippen LogP contribution in [-0.4, -0.2) is 6.04 Å². The van der Waals surface area contributed by atoms with Gasteiger partial charge in [0.15, 0.2) is 0 Å². The summed E-state index contributed by atoms with van der Waals surface area (Å²) in [7, 11) is 0. The Morgan fingerprint density at radius 2 is 1.94 bits per heavy atom. The molecule has 2 rings (SSSR count). The van der Waals surface area contributed by atoms with Gasteiger partial charge in [-0.2, -0.15) is 0 Å². The second kappa shape index (κ2) is 5.42. The minimum absolute atomic E-state index is 0.619. The minimum atomic E-state index is 0.619. The van der Waals surface area contributed by atoms with Gasteiger partial charge in [-0.15, -0.1) is 0 Å². The van der Waals surface area contributed by atoms with Gasteiger partial charge in [-0.05, 0) is 65.7 Å². The number of hydrogen-bond donors (Lipinski definition) is 1. The predicted molar refractivity (Wildman–Crippen MR) is 74.2 cm³/mol. The van der Waals surface area contributed by atoms with Gasteiger partial charge in [-0.3, -0.25) is 0 Å². The van der Waals surface area contributed by atoms with Gasteiger partial charge in [-0.1, -0.05) is 18.5 Å². The Morgan fingerprint density at radius 3 is 2.56 bits per heavy atom. The molecule has 0 bridgehead atoms. The highest BCUT2D eigenvalue weighted by Crippen LogP contribution is 2.29. The van der Waals surface area contributed by atoms with Crippen molar-refractivity contribution in [1.82, 2.24) is 0 Å². The van der Waals surface area contributed by atoms with Crippen LogP contribution in [0.4, 0.5) is 5.69 Å². The van der Waals surface area contributed by atoms with Crippen LogP contribution in [0.5, 0.6) is 0 Å². The lowest BCUT2D eigenvalue weighted by molar-refractivity contribution is 0.361. The van der Waals surface area contributed by atoms with Crippen molar-refractivity contribution in [2.75, 3.05) is 5.32 Å². The van der Waals surface area contributed by atoms with Crippen LogP contribution < -0.4 is 5.32 Å². The molecule has 0 spiro atoms. The zero-order chi connectivity index (χ0) is 11.5. The van der Waals surface area contributed by atoms with E-state index in [4.69, 9.17) is 11.6 Å². The molecule has 1 aliphatic carbocycles. The summed E-state index contributed by atoms with van der Waals surface area (Å²) < 4.78 is 0.956. The Balaban J connectivity index is 1.96. The highest BCUT2D eigenvalue weighted by molar-refractivity contribution is 9.10. The van der Waals surface area contributed by atoms with Crippen molar-refractivity contribution in [1.29, 1.82) is 0 Å². The summed E-state index contributed by atoms with van der Waals surface area (Å²) in [6.45, 7) is 2.34. The first-order valence-corrected chi connectivity index (χ1v) is 7.04. The van der Waals surface area contributed by atoms with Gasteiger partial charge >= 0.3 is 0 Å². The fraction of sp³-hybridized carbons (Fsp3) is 0.538. The smallest absolute Gasteiger partial charge is 0.0568 e. The Bertz CT molecular complexity index is 359. The van der Waals surface area contributed by atoms with Crippen LogP contribution in [0.1, 0.15) is 32.6 Å². The van der Waals surface area contributed by atoms with Crippen molar-refractivity contribution in [3.63, 3.8) is 0 Å². The summed E-state index contributed by atoms with van der Waals surface area (Å²) >= 11 is 9.47.